The second-order valence-corrected chi connectivity index (χ2v) is 4.80. The Bertz CT molecular complexity index is 642. The Hall–Kier alpha value is -1.74. The van der Waals surface area contributed by atoms with Crippen LogP contribution in [0.4, 0.5) is 8.78 Å². The summed E-state index contributed by atoms with van der Waals surface area (Å²) in [5.41, 5.74) is 1.44. The maximum atomic E-state index is 13.9. The van der Waals surface area contributed by atoms with Crippen LogP contribution in [0.25, 0.3) is 0 Å². The second kappa shape index (κ2) is 5.10. The van der Waals surface area contributed by atoms with Crippen LogP contribution in [-0.2, 0) is 0 Å². The number of aryl methyl sites for hydroxylation is 2. The molecule has 2 aromatic rings. The van der Waals surface area contributed by atoms with E-state index in [1.165, 1.54) is 18.2 Å². The lowest BCUT2D eigenvalue weighted by Gasteiger charge is -2.08. The van der Waals surface area contributed by atoms with Crippen molar-refractivity contribution in [2.75, 3.05) is 0 Å². The van der Waals surface area contributed by atoms with E-state index in [2.05, 4.69) is 0 Å². The minimum atomic E-state index is -0.612. The minimum absolute atomic E-state index is 0.00623. The van der Waals surface area contributed by atoms with Crippen molar-refractivity contribution in [2.45, 2.75) is 13.8 Å². The van der Waals surface area contributed by atoms with Gasteiger partial charge in [-0.1, -0.05) is 17.7 Å². The van der Waals surface area contributed by atoms with Crippen LogP contribution in [0.15, 0.2) is 30.3 Å². The smallest absolute Gasteiger partial charge is 0.196 e. The highest BCUT2D eigenvalue weighted by atomic mass is 35.5. The highest BCUT2D eigenvalue weighted by Gasteiger charge is 2.18. The third-order valence-corrected chi connectivity index (χ3v) is 3.13. The first-order valence-corrected chi connectivity index (χ1v) is 6.04. The first kappa shape index (κ1) is 13.7. The molecule has 0 bridgehead atoms. The lowest BCUT2D eigenvalue weighted by atomic mass is 9.97. The minimum Gasteiger partial charge on any atom is -0.288 e. The van der Waals surface area contributed by atoms with Gasteiger partial charge in [0.15, 0.2) is 5.78 Å². The maximum Gasteiger partial charge on any atom is 0.196 e. The van der Waals surface area contributed by atoms with E-state index in [0.717, 1.165) is 11.6 Å². The largest absolute Gasteiger partial charge is 0.288 e. The van der Waals surface area contributed by atoms with E-state index in [-0.39, 0.29) is 16.1 Å². The average Bonchev–Trinajstić information content (AvgIpc) is 2.31. The van der Waals surface area contributed by atoms with Crippen molar-refractivity contribution >= 4 is 17.4 Å². The third-order valence-electron chi connectivity index (χ3n) is 2.84. The van der Waals surface area contributed by atoms with Crippen molar-refractivity contribution in [3.63, 3.8) is 0 Å². The molecule has 2 aromatic carbocycles. The van der Waals surface area contributed by atoms with Crippen LogP contribution in [-0.4, -0.2) is 5.78 Å². The average molecular weight is 281 g/mol. The van der Waals surface area contributed by atoms with E-state index in [1.54, 1.807) is 19.9 Å². The molecule has 0 unspecified atom stereocenters. The molecule has 0 heterocycles. The van der Waals surface area contributed by atoms with Crippen LogP contribution in [0.1, 0.15) is 27.0 Å². The van der Waals surface area contributed by atoms with Gasteiger partial charge in [0.25, 0.3) is 0 Å². The van der Waals surface area contributed by atoms with Crippen molar-refractivity contribution in [2.24, 2.45) is 0 Å². The first-order valence-electron chi connectivity index (χ1n) is 5.66. The molecule has 0 atom stereocenters. The predicted molar refractivity (Wildman–Crippen MR) is 70.7 cm³/mol. The van der Waals surface area contributed by atoms with Gasteiger partial charge in [0.1, 0.15) is 11.6 Å². The summed E-state index contributed by atoms with van der Waals surface area (Å²) in [6, 6.07) is 6.62. The second-order valence-electron chi connectivity index (χ2n) is 4.40. The molecular formula is C15H11ClF2O. The lowest BCUT2D eigenvalue weighted by molar-refractivity contribution is 0.103. The van der Waals surface area contributed by atoms with E-state index >= 15 is 0 Å². The molecule has 0 saturated heterocycles. The molecule has 0 spiro atoms. The number of halogens is 3. The zero-order valence-corrected chi connectivity index (χ0v) is 11.2. The molecular weight excluding hydrogens is 270 g/mol. The van der Waals surface area contributed by atoms with Crippen molar-refractivity contribution in [1.82, 2.24) is 0 Å². The zero-order chi connectivity index (χ0) is 14.2. The highest BCUT2D eigenvalue weighted by molar-refractivity contribution is 6.31. The Balaban J connectivity index is 2.53. The number of ketones is 1. The van der Waals surface area contributed by atoms with E-state index in [1.807, 2.05) is 0 Å². The molecule has 0 aromatic heterocycles. The van der Waals surface area contributed by atoms with Gasteiger partial charge in [-0.3, -0.25) is 4.79 Å². The summed E-state index contributed by atoms with van der Waals surface area (Å²) in [4.78, 5) is 12.2. The summed E-state index contributed by atoms with van der Waals surface area (Å²) < 4.78 is 27.0. The van der Waals surface area contributed by atoms with Gasteiger partial charge >= 0.3 is 0 Å². The van der Waals surface area contributed by atoms with Crippen LogP contribution in [0.3, 0.4) is 0 Å². The zero-order valence-electron chi connectivity index (χ0n) is 10.4. The summed E-state index contributed by atoms with van der Waals surface area (Å²) in [6.07, 6.45) is 0. The summed E-state index contributed by atoms with van der Waals surface area (Å²) in [5, 5.41) is -0.156. The van der Waals surface area contributed by atoms with Crippen molar-refractivity contribution in [3.8, 4) is 0 Å². The fraction of sp³-hybridized carbons (Fsp3) is 0.133. The molecule has 0 radical (unpaired) electrons. The van der Waals surface area contributed by atoms with E-state index in [0.29, 0.717) is 5.56 Å². The molecule has 0 aliphatic heterocycles. The number of carbonyl (C=O) groups is 1. The Morgan fingerprint density at radius 2 is 1.74 bits per heavy atom. The molecule has 0 saturated carbocycles. The fourth-order valence-corrected chi connectivity index (χ4v) is 2.17. The SMILES string of the molecule is Cc1cc(C)c(C(=O)c2ccc(F)c(Cl)c2)c(F)c1. The Kier molecular flexibility index (Phi) is 3.67. The van der Waals surface area contributed by atoms with Crippen molar-refractivity contribution in [3.05, 3.63) is 69.2 Å². The Labute approximate surface area is 114 Å². The monoisotopic (exact) mass is 280 g/mol. The van der Waals surface area contributed by atoms with Crippen LogP contribution in [0.5, 0.6) is 0 Å². The van der Waals surface area contributed by atoms with Gasteiger partial charge in [-0.2, -0.15) is 0 Å². The quantitative estimate of drug-likeness (QED) is 0.742. The number of rotatable bonds is 2. The third kappa shape index (κ3) is 2.66. The van der Waals surface area contributed by atoms with Crippen LogP contribution in [0, 0.1) is 25.5 Å². The number of carbonyl (C=O) groups excluding carboxylic acids is 1. The molecule has 1 nitrogen and oxygen atoms in total. The number of benzene rings is 2. The molecule has 19 heavy (non-hydrogen) atoms. The van der Waals surface area contributed by atoms with Gasteiger partial charge < -0.3 is 0 Å². The summed E-state index contributed by atoms with van der Waals surface area (Å²) >= 11 is 5.63. The van der Waals surface area contributed by atoms with Gasteiger partial charge in [-0.05, 0) is 49.2 Å². The topological polar surface area (TPSA) is 17.1 Å². The first-order chi connectivity index (χ1) is 8.90. The molecule has 98 valence electrons. The highest BCUT2D eigenvalue weighted by Crippen LogP contribution is 2.22. The molecule has 4 heteroatoms. The van der Waals surface area contributed by atoms with Crippen LogP contribution >= 0.6 is 11.6 Å². The molecule has 0 amide bonds. The standard InChI is InChI=1S/C15H11ClF2O/c1-8-5-9(2)14(13(18)6-8)15(19)10-3-4-12(17)11(16)7-10/h3-7H,1-2H3. The van der Waals surface area contributed by atoms with Crippen molar-refractivity contribution < 1.29 is 13.6 Å². The van der Waals surface area contributed by atoms with Crippen LogP contribution < -0.4 is 0 Å². The van der Waals surface area contributed by atoms with Gasteiger partial charge in [-0.15, -0.1) is 0 Å². The van der Waals surface area contributed by atoms with Crippen molar-refractivity contribution in [1.29, 1.82) is 0 Å². The molecule has 0 N–H and O–H groups in total. The fourth-order valence-electron chi connectivity index (χ4n) is 1.98. The summed E-state index contributed by atoms with van der Waals surface area (Å²) in [7, 11) is 0. The molecule has 0 aliphatic rings. The number of hydrogen-bond donors (Lipinski definition) is 0. The maximum absolute atomic E-state index is 13.9. The summed E-state index contributed by atoms with van der Waals surface area (Å²) in [5.74, 6) is -1.70. The van der Waals surface area contributed by atoms with Gasteiger partial charge in [0.2, 0.25) is 0 Å². The van der Waals surface area contributed by atoms with Gasteiger partial charge in [-0.25, -0.2) is 8.78 Å². The lowest BCUT2D eigenvalue weighted by Crippen LogP contribution is -2.07. The predicted octanol–water partition coefficient (Wildman–Crippen LogP) is 4.47. The van der Waals surface area contributed by atoms with E-state index < -0.39 is 17.4 Å². The van der Waals surface area contributed by atoms with E-state index in [9.17, 15) is 13.6 Å². The molecule has 0 fully saturated rings. The summed E-state index contributed by atoms with van der Waals surface area (Å²) in [6.45, 7) is 3.41. The van der Waals surface area contributed by atoms with E-state index in [4.69, 9.17) is 11.6 Å². The Morgan fingerprint density at radius 3 is 2.32 bits per heavy atom. The van der Waals surface area contributed by atoms with Crippen LogP contribution in [0.2, 0.25) is 5.02 Å². The molecule has 2 rings (SSSR count). The number of hydrogen-bond acceptors (Lipinski definition) is 1. The molecule has 0 aliphatic carbocycles. The van der Waals surface area contributed by atoms with Gasteiger partial charge in [0, 0.05) is 5.56 Å². The van der Waals surface area contributed by atoms with Gasteiger partial charge in [0.05, 0.1) is 10.6 Å². The normalized spacial score (nSPS) is 10.6. The Morgan fingerprint density at radius 1 is 1.05 bits per heavy atom.